The lowest BCUT2D eigenvalue weighted by molar-refractivity contribution is 1.23. The molecular formula is C14H14Si. The van der Waals surface area contributed by atoms with Crippen molar-refractivity contribution in [2.45, 2.75) is 13.3 Å². The van der Waals surface area contributed by atoms with Crippen molar-refractivity contribution in [2.75, 3.05) is 0 Å². The number of benzene rings is 1. The minimum absolute atomic E-state index is 0.804. The van der Waals surface area contributed by atoms with Crippen molar-refractivity contribution >= 4 is 14.7 Å². The van der Waals surface area contributed by atoms with Crippen LogP contribution in [0.1, 0.15) is 13.3 Å². The molecule has 0 saturated heterocycles. The second-order valence-electron chi connectivity index (χ2n) is 3.63. The van der Waals surface area contributed by atoms with Crippen LogP contribution in [0.15, 0.2) is 65.4 Å². The molecule has 1 aliphatic carbocycles. The summed E-state index contributed by atoms with van der Waals surface area (Å²) in [5.74, 6) is 0. The minimum atomic E-state index is 0.804. The zero-order valence-corrected chi connectivity index (χ0v) is 9.90. The molecule has 1 aromatic rings. The molecule has 0 saturated carbocycles. The Balaban J connectivity index is 2.13. The second-order valence-corrected chi connectivity index (χ2v) is 5.21. The molecule has 0 fully saturated rings. The van der Waals surface area contributed by atoms with E-state index < -0.39 is 0 Å². The van der Waals surface area contributed by atoms with E-state index in [1.54, 1.807) is 0 Å². The molecule has 0 atom stereocenters. The van der Waals surface area contributed by atoms with E-state index in [2.05, 4.69) is 61.6 Å². The van der Waals surface area contributed by atoms with Crippen LogP contribution in [-0.2, 0) is 0 Å². The van der Waals surface area contributed by atoms with E-state index in [1.807, 2.05) is 0 Å². The Morgan fingerprint density at radius 1 is 1.13 bits per heavy atom. The SMILES string of the molecule is C/C([Si]c1ccccc1)=C1\C=CC=CC1. The maximum atomic E-state index is 2.24. The maximum absolute atomic E-state index is 2.24. The summed E-state index contributed by atoms with van der Waals surface area (Å²) in [5, 5.41) is 2.92. The fraction of sp³-hybridized carbons (Fsp3) is 0.143. The highest BCUT2D eigenvalue weighted by Gasteiger charge is 2.02. The topological polar surface area (TPSA) is 0 Å². The summed E-state index contributed by atoms with van der Waals surface area (Å²) >= 11 is 0. The Morgan fingerprint density at radius 3 is 2.60 bits per heavy atom. The van der Waals surface area contributed by atoms with E-state index in [0.717, 1.165) is 15.9 Å². The molecule has 1 aliphatic rings. The number of hydrogen-bond donors (Lipinski definition) is 0. The Hall–Kier alpha value is -1.34. The summed E-state index contributed by atoms with van der Waals surface area (Å²) in [4.78, 5) is 0. The molecule has 0 N–H and O–H groups in total. The average Bonchev–Trinajstić information content (AvgIpc) is 2.31. The first kappa shape index (κ1) is 10.2. The van der Waals surface area contributed by atoms with Gasteiger partial charge >= 0.3 is 0 Å². The first-order valence-corrected chi connectivity index (χ1v) is 6.21. The Kier molecular flexibility index (Phi) is 3.35. The van der Waals surface area contributed by atoms with Crippen molar-refractivity contribution in [3.63, 3.8) is 0 Å². The Bertz CT molecular complexity index is 410. The van der Waals surface area contributed by atoms with Gasteiger partial charge in [-0.15, -0.1) is 0 Å². The standard InChI is InChI=1S/C14H14Si/c1-12(13-8-4-2-5-9-13)15-14-10-6-3-7-11-14/h2-8,10-11H,9H2,1H3/b13-12-. The zero-order chi connectivity index (χ0) is 10.5. The first-order chi connectivity index (χ1) is 7.36. The lowest BCUT2D eigenvalue weighted by Crippen LogP contribution is -2.15. The highest BCUT2D eigenvalue weighted by atomic mass is 28.2. The van der Waals surface area contributed by atoms with E-state index in [1.165, 1.54) is 16.0 Å². The van der Waals surface area contributed by atoms with E-state index in [4.69, 9.17) is 0 Å². The summed E-state index contributed by atoms with van der Waals surface area (Å²) in [7, 11) is 0.804. The largest absolute Gasteiger partial charge is 0.115 e. The van der Waals surface area contributed by atoms with E-state index in [-0.39, 0.29) is 0 Å². The summed E-state index contributed by atoms with van der Waals surface area (Å²) < 4.78 is 0. The third-order valence-electron chi connectivity index (χ3n) is 2.47. The number of hydrogen-bond acceptors (Lipinski definition) is 0. The smallest absolute Gasteiger partial charge is 0.0802 e. The van der Waals surface area contributed by atoms with Gasteiger partial charge in [-0.2, -0.15) is 0 Å². The van der Waals surface area contributed by atoms with Crippen LogP contribution in [0.3, 0.4) is 0 Å². The number of rotatable bonds is 2. The van der Waals surface area contributed by atoms with Gasteiger partial charge in [0.1, 0.15) is 9.52 Å². The molecule has 0 aliphatic heterocycles. The molecule has 1 heteroatoms. The molecule has 15 heavy (non-hydrogen) atoms. The van der Waals surface area contributed by atoms with E-state index >= 15 is 0 Å². The van der Waals surface area contributed by atoms with Crippen LogP contribution in [0.4, 0.5) is 0 Å². The van der Waals surface area contributed by atoms with Crippen molar-refractivity contribution in [1.82, 2.24) is 0 Å². The maximum Gasteiger partial charge on any atom is 0.115 e. The normalized spacial score (nSPS) is 17.9. The highest BCUT2D eigenvalue weighted by molar-refractivity contribution is 6.61. The van der Waals surface area contributed by atoms with Gasteiger partial charge in [-0.25, -0.2) is 0 Å². The summed E-state index contributed by atoms with van der Waals surface area (Å²) in [6, 6.07) is 10.7. The highest BCUT2D eigenvalue weighted by Crippen LogP contribution is 2.14. The Labute approximate surface area is 93.9 Å². The molecule has 74 valence electrons. The van der Waals surface area contributed by atoms with Crippen LogP contribution < -0.4 is 5.19 Å². The molecule has 2 rings (SSSR count). The Morgan fingerprint density at radius 2 is 1.93 bits per heavy atom. The molecule has 0 aromatic heterocycles. The molecule has 0 nitrogen and oxygen atoms in total. The van der Waals surface area contributed by atoms with Crippen molar-refractivity contribution in [1.29, 1.82) is 0 Å². The van der Waals surface area contributed by atoms with Crippen LogP contribution in [0.2, 0.25) is 0 Å². The van der Waals surface area contributed by atoms with E-state index in [0.29, 0.717) is 0 Å². The van der Waals surface area contributed by atoms with E-state index in [9.17, 15) is 0 Å². The van der Waals surface area contributed by atoms with Gasteiger partial charge in [-0.1, -0.05) is 65.0 Å². The predicted molar refractivity (Wildman–Crippen MR) is 67.4 cm³/mol. The van der Waals surface area contributed by atoms with Gasteiger partial charge < -0.3 is 0 Å². The third kappa shape index (κ3) is 2.80. The lowest BCUT2D eigenvalue weighted by Gasteiger charge is -2.08. The summed E-state index contributed by atoms with van der Waals surface area (Å²) in [5.41, 5.74) is 1.47. The van der Waals surface area contributed by atoms with Crippen molar-refractivity contribution < 1.29 is 0 Å². The lowest BCUT2D eigenvalue weighted by atomic mass is 10.1. The summed E-state index contributed by atoms with van der Waals surface area (Å²) in [6.45, 7) is 2.24. The molecule has 0 spiro atoms. The fourth-order valence-electron chi connectivity index (χ4n) is 1.61. The monoisotopic (exact) mass is 210 g/mol. The molecule has 0 amide bonds. The van der Waals surface area contributed by atoms with Gasteiger partial charge in [0, 0.05) is 0 Å². The van der Waals surface area contributed by atoms with Crippen molar-refractivity contribution in [3.8, 4) is 0 Å². The molecule has 0 bridgehead atoms. The van der Waals surface area contributed by atoms with Gasteiger partial charge in [0.05, 0.1) is 0 Å². The molecule has 0 heterocycles. The molecule has 0 unspecified atom stereocenters. The van der Waals surface area contributed by atoms with Crippen LogP contribution in [0.25, 0.3) is 0 Å². The fourth-order valence-corrected chi connectivity index (χ4v) is 2.75. The zero-order valence-electron chi connectivity index (χ0n) is 8.90. The second kappa shape index (κ2) is 4.94. The third-order valence-corrected chi connectivity index (χ3v) is 3.79. The van der Waals surface area contributed by atoms with Crippen molar-refractivity contribution in [2.24, 2.45) is 0 Å². The average molecular weight is 210 g/mol. The van der Waals surface area contributed by atoms with Crippen LogP contribution in [0.5, 0.6) is 0 Å². The van der Waals surface area contributed by atoms with Crippen molar-refractivity contribution in [3.05, 3.63) is 65.4 Å². The predicted octanol–water partition coefficient (Wildman–Crippen LogP) is 2.81. The van der Waals surface area contributed by atoms with Crippen LogP contribution in [-0.4, -0.2) is 9.52 Å². The molecule has 1 aromatic carbocycles. The molecular weight excluding hydrogens is 196 g/mol. The minimum Gasteiger partial charge on any atom is -0.0802 e. The first-order valence-electron chi connectivity index (χ1n) is 5.21. The van der Waals surface area contributed by atoms with Gasteiger partial charge in [0.2, 0.25) is 0 Å². The van der Waals surface area contributed by atoms with Crippen LogP contribution in [0, 0.1) is 0 Å². The van der Waals surface area contributed by atoms with Gasteiger partial charge in [0.25, 0.3) is 0 Å². The number of allylic oxidation sites excluding steroid dienone is 6. The van der Waals surface area contributed by atoms with Gasteiger partial charge in [-0.3, -0.25) is 0 Å². The van der Waals surface area contributed by atoms with Crippen LogP contribution >= 0.6 is 0 Å². The molecule has 2 radical (unpaired) electrons. The van der Waals surface area contributed by atoms with Gasteiger partial charge in [-0.05, 0) is 18.9 Å². The van der Waals surface area contributed by atoms with Gasteiger partial charge in [0.15, 0.2) is 0 Å². The summed E-state index contributed by atoms with van der Waals surface area (Å²) in [6.07, 6.45) is 9.77. The quantitative estimate of drug-likeness (QED) is 0.658.